The predicted molar refractivity (Wildman–Crippen MR) is 144 cm³/mol. The lowest BCUT2D eigenvalue weighted by molar-refractivity contribution is 0.411. The van der Waals surface area contributed by atoms with Gasteiger partial charge in [-0.05, 0) is 32.8 Å². The summed E-state index contributed by atoms with van der Waals surface area (Å²) >= 11 is 0. The first kappa shape index (κ1) is 24.6. The van der Waals surface area contributed by atoms with Crippen LogP contribution in [0, 0.1) is 18.8 Å². The second-order valence-corrected chi connectivity index (χ2v) is 9.39. The smallest absolute Gasteiger partial charge is 0.331 e. The van der Waals surface area contributed by atoms with Gasteiger partial charge in [0, 0.05) is 37.3 Å². The molecule has 1 fully saturated rings. The quantitative estimate of drug-likeness (QED) is 0.415. The zero-order valence-electron chi connectivity index (χ0n) is 21.6. The van der Waals surface area contributed by atoms with Gasteiger partial charge in [-0.2, -0.15) is 0 Å². The Balaban J connectivity index is 1.76. The molecule has 1 aliphatic rings. The van der Waals surface area contributed by atoms with Crippen LogP contribution in [0.4, 0.5) is 5.82 Å². The van der Waals surface area contributed by atoms with E-state index in [2.05, 4.69) is 26.7 Å². The van der Waals surface area contributed by atoms with E-state index in [1.54, 1.807) is 21.1 Å². The summed E-state index contributed by atoms with van der Waals surface area (Å²) in [6, 6.07) is 7.69. The molecule has 0 unspecified atom stereocenters. The van der Waals surface area contributed by atoms with E-state index in [9.17, 15) is 9.59 Å². The van der Waals surface area contributed by atoms with Gasteiger partial charge in [-0.15, -0.1) is 5.92 Å². The molecule has 10 nitrogen and oxygen atoms in total. The second kappa shape index (κ2) is 9.75. The number of nitrogens with two attached hydrogens (primary N) is 1. The Morgan fingerprint density at radius 1 is 1.16 bits per heavy atom. The molecule has 1 aromatic carbocycles. The summed E-state index contributed by atoms with van der Waals surface area (Å²) in [5, 5.41) is 0.933. The predicted octanol–water partition coefficient (Wildman–Crippen LogP) is 1.76. The highest BCUT2D eigenvalue weighted by molar-refractivity contribution is 5.90. The third-order valence-electron chi connectivity index (χ3n) is 6.98. The number of nitrogens with zero attached hydrogens (tertiary/aromatic N) is 6. The molecule has 1 saturated heterocycles. The van der Waals surface area contributed by atoms with Crippen LogP contribution in [-0.4, -0.2) is 49.9 Å². The van der Waals surface area contributed by atoms with Crippen molar-refractivity contribution in [3.05, 3.63) is 56.6 Å². The third-order valence-corrected chi connectivity index (χ3v) is 6.98. The molecular formula is C27H31N7O3. The number of fused-ring (bicyclic) bond motifs is 2. The van der Waals surface area contributed by atoms with Gasteiger partial charge in [0.1, 0.15) is 16.9 Å². The molecule has 1 aliphatic heterocycles. The first-order valence-electron chi connectivity index (χ1n) is 12.4. The molecule has 5 rings (SSSR count). The minimum atomic E-state index is -0.467. The van der Waals surface area contributed by atoms with Gasteiger partial charge in [0.2, 0.25) is 0 Å². The number of hydrogen-bond acceptors (Lipinski definition) is 7. The first-order valence-corrected chi connectivity index (χ1v) is 12.4. The summed E-state index contributed by atoms with van der Waals surface area (Å²) in [6.45, 7) is 5.27. The molecule has 0 radical (unpaired) electrons. The second-order valence-electron chi connectivity index (χ2n) is 9.39. The number of anilines is 1. The molecule has 2 N–H and O–H groups in total. The number of aromatic nitrogens is 5. The Morgan fingerprint density at radius 3 is 2.68 bits per heavy atom. The maximum absolute atomic E-state index is 14.0. The monoisotopic (exact) mass is 501 g/mol. The van der Waals surface area contributed by atoms with Crippen molar-refractivity contribution >= 4 is 27.8 Å². The lowest BCUT2D eigenvalue weighted by atomic mass is 10.1. The standard InChI is InChI=1S/C27H31N7O3/c1-5-6-14-33-23-22(24(37-4)25(33)32-13-9-10-18(28)15-32)31(3)27(36)34(26(23)35)16-21-29-17(2)19-11-7-8-12-20(19)30-21/h7-8,11-12,18H,9-10,13-16,28H2,1-4H3/t18-/m1/s1. The fourth-order valence-corrected chi connectivity index (χ4v) is 5.25. The molecule has 10 heteroatoms. The summed E-state index contributed by atoms with van der Waals surface area (Å²) in [4.78, 5) is 38.9. The van der Waals surface area contributed by atoms with E-state index in [0.717, 1.165) is 41.8 Å². The summed E-state index contributed by atoms with van der Waals surface area (Å²) < 4.78 is 10.3. The summed E-state index contributed by atoms with van der Waals surface area (Å²) in [6.07, 6.45) is 1.86. The van der Waals surface area contributed by atoms with Gasteiger partial charge in [0.15, 0.2) is 11.6 Å². The van der Waals surface area contributed by atoms with Crippen molar-refractivity contribution in [3.63, 3.8) is 0 Å². The average Bonchev–Trinajstić information content (AvgIpc) is 3.23. The Labute approximate surface area is 214 Å². The molecule has 3 aromatic heterocycles. The van der Waals surface area contributed by atoms with Gasteiger partial charge in [0.05, 0.1) is 25.7 Å². The number of hydrogen-bond donors (Lipinski definition) is 1. The fourth-order valence-electron chi connectivity index (χ4n) is 5.25. The molecule has 0 spiro atoms. The molecule has 192 valence electrons. The van der Waals surface area contributed by atoms with E-state index in [1.165, 1.54) is 9.13 Å². The minimum absolute atomic E-state index is 0.0101. The van der Waals surface area contributed by atoms with Crippen molar-refractivity contribution < 1.29 is 4.74 Å². The van der Waals surface area contributed by atoms with Crippen molar-refractivity contribution in [2.75, 3.05) is 25.1 Å². The zero-order valence-corrected chi connectivity index (χ0v) is 21.6. The van der Waals surface area contributed by atoms with E-state index in [0.29, 0.717) is 29.2 Å². The third kappa shape index (κ3) is 4.15. The Hall–Kier alpha value is -4.10. The molecule has 1 atom stereocenters. The Bertz CT molecular complexity index is 1690. The van der Waals surface area contributed by atoms with Gasteiger partial charge in [-0.1, -0.05) is 24.1 Å². The summed E-state index contributed by atoms with van der Waals surface area (Å²) in [5.74, 6) is 7.59. The van der Waals surface area contributed by atoms with Crippen LogP contribution in [0.3, 0.4) is 0 Å². The van der Waals surface area contributed by atoms with Crippen LogP contribution in [0.1, 0.15) is 31.3 Å². The maximum atomic E-state index is 14.0. The highest BCUT2D eigenvalue weighted by Gasteiger charge is 2.30. The number of benzene rings is 1. The first-order chi connectivity index (χ1) is 17.8. The maximum Gasteiger partial charge on any atom is 0.331 e. The van der Waals surface area contributed by atoms with Crippen LogP contribution >= 0.6 is 0 Å². The number of piperidine rings is 1. The average molecular weight is 502 g/mol. The van der Waals surface area contributed by atoms with Crippen LogP contribution in [0.25, 0.3) is 21.9 Å². The Morgan fingerprint density at radius 2 is 1.95 bits per heavy atom. The summed E-state index contributed by atoms with van der Waals surface area (Å²) in [7, 11) is 3.21. The Kier molecular flexibility index (Phi) is 6.48. The number of para-hydroxylation sites is 1. The highest BCUT2D eigenvalue weighted by atomic mass is 16.5. The van der Waals surface area contributed by atoms with E-state index in [-0.39, 0.29) is 19.1 Å². The number of aryl methyl sites for hydroxylation is 2. The van der Waals surface area contributed by atoms with Crippen molar-refractivity contribution in [2.24, 2.45) is 12.8 Å². The summed E-state index contributed by atoms with van der Waals surface area (Å²) in [5.41, 5.74) is 7.74. The van der Waals surface area contributed by atoms with Crippen LogP contribution < -0.4 is 26.6 Å². The van der Waals surface area contributed by atoms with Gasteiger partial charge < -0.3 is 19.9 Å². The topological polar surface area (TPSA) is 113 Å². The number of rotatable bonds is 5. The molecule has 4 heterocycles. The molecule has 4 aromatic rings. The molecule has 0 amide bonds. The van der Waals surface area contributed by atoms with Gasteiger partial charge in [-0.25, -0.2) is 14.8 Å². The lowest BCUT2D eigenvalue weighted by Gasteiger charge is -2.33. The molecule has 0 bridgehead atoms. The fraction of sp³-hybridized carbons (Fsp3) is 0.407. The van der Waals surface area contributed by atoms with Gasteiger partial charge in [-0.3, -0.25) is 13.9 Å². The van der Waals surface area contributed by atoms with E-state index >= 15 is 0 Å². The molecule has 0 saturated carbocycles. The van der Waals surface area contributed by atoms with Crippen molar-refractivity contribution in [3.8, 4) is 17.6 Å². The normalized spacial score (nSPS) is 15.7. The number of methoxy groups -OCH3 is 1. The molecule has 0 aliphatic carbocycles. The lowest BCUT2D eigenvalue weighted by Crippen LogP contribution is -2.44. The van der Waals surface area contributed by atoms with Gasteiger partial charge in [0.25, 0.3) is 5.56 Å². The van der Waals surface area contributed by atoms with Crippen LogP contribution in [-0.2, 0) is 20.1 Å². The SMILES string of the molecule is CC#CCn1c(N2CCC[C@@H](N)C2)c(OC)c2c1c(=O)n(Cc1nc(C)c3ccccc3n1)c(=O)n2C. The minimum Gasteiger partial charge on any atom is -0.491 e. The largest absolute Gasteiger partial charge is 0.491 e. The van der Waals surface area contributed by atoms with Crippen molar-refractivity contribution in [2.45, 2.75) is 45.8 Å². The van der Waals surface area contributed by atoms with E-state index in [1.807, 2.05) is 35.8 Å². The molecule has 37 heavy (non-hydrogen) atoms. The van der Waals surface area contributed by atoms with Crippen molar-refractivity contribution in [1.82, 2.24) is 23.7 Å². The van der Waals surface area contributed by atoms with Crippen molar-refractivity contribution in [1.29, 1.82) is 0 Å². The van der Waals surface area contributed by atoms with Crippen LogP contribution in [0.2, 0.25) is 0 Å². The van der Waals surface area contributed by atoms with E-state index in [4.69, 9.17) is 10.5 Å². The van der Waals surface area contributed by atoms with Gasteiger partial charge >= 0.3 is 5.69 Å². The van der Waals surface area contributed by atoms with Crippen LogP contribution in [0.5, 0.6) is 5.75 Å². The highest BCUT2D eigenvalue weighted by Crippen LogP contribution is 2.38. The van der Waals surface area contributed by atoms with Crippen LogP contribution in [0.15, 0.2) is 33.9 Å². The zero-order chi connectivity index (χ0) is 26.3. The number of ether oxygens (including phenoxy) is 1. The molecular weight excluding hydrogens is 470 g/mol. The van der Waals surface area contributed by atoms with E-state index < -0.39 is 11.2 Å².